The smallest absolute Gasteiger partial charge is 0.323 e. The van der Waals surface area contributed by atoms with E-state index in [0.717, 1.165) is 19.4 Å². The van der Waals surface area contributed by atoms with Crippen LogP contribution in [0, 0.1) is 0 Å². The molecule has 1 rings (SSSR count). The molecular weight excluding hydrogens is 186 g/mol. The average molecular weight is 203 g/mol. The molecule has 0 amide bonds. The van der Waals surface area contributed by atoms with Gasteiger partial charge in [0.1, 0.15) is 6.04 Å². The van der Waals surface area contributed by atoms with Crippen molar-refractivity contribution < 1.29 is 19.7 Å². The second-order valence-corrected chi connectivity index (χ2v) is 3.60. The Labute approximate surface area is 83.3 Å². The number of carboxylic acids is 1. The van der Waals surface area contributed by atoms with E-state index >= 15 is 0 Å². The Kier molecular flexibility index (Phi) is 4.31. The molecule has 0 aromatic heterocycles. The van der Waals surface area contributed by atoms with Crippen molar-refractivity contribution in [1.29, 1.82) is 0 Å². The molecule has 5 nitrogen and oxygen atoms in total. The number of rotatable bonds is 4. The number of methoxy groups -OCH3 is 1. The van der Waals surface area contributed by atoms with Crippen LogP contribution in [0.2, 0.25) is 0 Å². The minimum Gasteiger partial charge on any atom is -0.480 e. The fourth-order valence-electron chi connectivity index (χ4n) is 1.76. The zero-order valence-electron chi connectivity index (χ0n) is 8.35. The first kappa shape index (κ1) is 11.4. The van der Waals surface area contributed by atoms with Gasteiger partial charge in [0, 0.05) is 13.7 Å². The molecule has 1 saturated heterocycles. The van der Waals surface area contributed by atoms with E-state index in [9.17, 15) is 9.90 Å². The monoisotopic (exact) mass is 203 g/mol. The summed E-state index contributed by atoms with van der Waals surface area (Å²) < 4.78 is 4.85. The highest BCUT2D eigenvalue weighted by Gasteiger charge is 2.29. The lowest BCUT2D eigenvalue weighted by Gasteiger charge is -2.33. The summed E-state index contributed by atoms with van der Waals surface area (Å²) in [6.07, 6.45) is 1.20. The van der Waals surface area contributed by atoms with Crippen molar-refractivity contribution >= 4 is 5.97 Å². The summed E-state index contributed by atoms with van der Waals surface area (Å²) in [6, 6.07) is -0.630. The van der Waals surface area contributed by atoms with Gasteiger partial charge in [-0.2, -0.15) is 0 Å². The fourth-order valence-corrected chi connectivity index (χ4v) is 1.76. The summed E-state index contributed by atoms with van der Waals surface area (Å²) in [5.74, 6) is -0.888. The van der Waals surface area contributed by atoms with Crippen LogP contribution in [0.15, 0.2) is 0 Å². The Hall–Kier alpha value is -0.650. The van der Waals surface area contributed by atoms with Crippen molar-refractivity contribution in [2.24, 2.45) is 0 Å². The standard InChI is InChI=1S/C9H17NO4/c1-14-6-8(9(12)13)10-4-2-3-7(11)5-10/h7-8,11H,2-6H2,1H3,(H,12,13). The first-order valence-electron chi connectivity index (χ1n) is 4.79. The van der Waals surface area contributed by atoms with Gasteiger partial charge in [-0.3, -0.25) is 9.69 Å². The lowest BCUT2D eigenvalue weighted by atomic mass is 10.1. The van der Waals surface area contributed by atoms with E-state index in [2.05, 4.69) is 0 Å². The van der Waals surface area contributed by atoms with Gasteiger partial charge in [0.25, 0.3) is 0 Å². The summed E-state index contributed by atoms with van der Waals surface area (Å²) in [7, 11) is 1.48. The summed E-state index contributed by atoms with van der Waals surface area (Å²) in [5, 5.41) is 18.3. The average Bonchev–Trinajstić information content (AvgIpc) is 2.13. The number of aliphatic hydroxyl groups is 1. The fraction of sp³-hybridized carbons (Fsp3) is 0.889. The van der Waals surface area contributed by atoms with Crippen LogP contribution in [0.5, 0.6) is 0 Å². The molecule has 1 aliphatic rings. The highest BCUT2D eigenvalue weighted by Crippen LogP contribution is 2.13. The molecule has 0 saturated carbocycles. The number of ether oxygens (including phenoxy) is 1. The lowest BCUT2D eigenvalue weighted by Crippen LogP contribution is -2.50. The molecule has 1 heterocycles. The van der Waals surface area contributed by atoms with Gasteiger partial charge in [-0.25, -0.2) is 0 Å². The Morgan fingerprint density at radius 3 is 2.93 bits per heavy atom. The molecule has 1 fully saturated rings. The maximum atomic E-state index is 10.9. The zero-order chi connectivity index (χ0) is 10.6. The molecule has 0 radical (unpaired) electrons. The zero-order valence-corrected chi connectivity index (χ0v) is 8.35. The SMILES string of the molecule is COCC(C(=O)O)N1CCCC(O)C1. The number of aliphatic carboxylic acids is 1. The quantitative estimate of drug-likeness (QED) is 0.647. The van der Waals surface area contributed by atoms with Crippen molar-refractivity contribution in [2.45, 2.75) is 25.0 Å². The van der Waals surface area contributed by atoms with Gasteiger partial charge < -0.3 is 14.9 Å². The van der Waals surface area contributed by atoms with Crippen molar-refractivity contribution in [3.63, 3.8) is 0 Å². The maximum Gasteiger partial charge on any atom is 0.323 e. The van der Waals surface area contributed by atoms with Gasteiger partial charge in [-0.15, -0.1) is 0 Å². The molecule has 0 bridgehead atoms. The second-order valence-electron chi connectivity index (χ2n) is 3.60. The van der Waals surface area contributed by atoms with Crippen LogP contribution in [0.3, 0.4) is 0 Å². The van der Waals surface area contributed by atoms with Crippen molar-refractivity contribution in [3.05, 3.63) is 0 Å². The Balaban J connectivity index is 2.53. The molecule has 2 N–H and O–H groups in total. The number of nitrogens with zero attached hydrogens (tertiary/aromatic N) is 1. The molecular formula is C9H17NO4. The van der Waals surface area contributed by atoms with Crippen LogP contribution >= 0.6 is 0 Å². The number of piperidine rings is 1. The molecule has 0 aromatic carbocycles. The topological polar surface area (TPSA) is 70.0 Å². The van der Waals surface area contributed by atoms with E-state index in [-0.39, 0.29) is 6.61 Å². The van der Waals surface area contributed by atoms with Crippen molar-refractivity contribution in [2.75, 3.05) is 26.8 Å². The Morgan fingerprint density at radius 1 is 1.71 bits per heavy atom. The molecule has 1 aliphatic heterocycles. The minimum atomic E-state index is -0.888. The van der Waals surface area contributed by atoms with E-state index in [1.165, 1.54) is 7.11 Å². The van der Waals surface area contributed by atoms with E-state index in [1.54, 1.807) is 4.90 Å². The van der Waals surface area contributed by atoms with Crippen molar-refractivity contribution in [3.8, 4) is 0 Å². The van der Waals surface area contributed by atoms with Gasteiger partial charge in [0.05, 0.1) is 12.7 Å². The molecule has 82 valence electrons. The number of aliphatic hydroxyl groups excluding tert-OH is 1. The van der Waals surface area contributed by atoms with E-state index < -0.39 is 18.1 Å². The summed E-state index contributed by atoms with van der Waals surface area (Å²) >= 11 is 0. The Bertz CT molecular complexity index is 197. The predicted octanol–water partition coefficient (Wildman–Crippen LogP) is -0.457. The number of β-amino-alcohol motifs (C(OH)–C–C–N with tert-alkyl or cyclic N) is 1. The summed E-state index contributed by atoms with van der Waals surface area (Å²) in [4.78, 5) is 12.7. The number of carboxylic acid groups (broad SMARTS) is 1. The van der Waals surface area contributed by atoms with Crippen LogP contribution in [0.25, 0.3) is 0 Å². The number of carbonyl (C=O) groups is 1. The van der Waals surface area contributed by atoms with Crippen LogP contribution < -0.4 is 0 Å². The van der Waals surface area contributed by atoms with Gasteiger partial charge in [-0.05, 0) is 19.4 Å². The van der Waals surface area contributed by atoms with Gasteiger partial charge >= 0.3 is 5.97 Å². The van der Waals surface area contributed by atoms with Crippen LogP contribution in [0.1, 0.15) is 12.8 Å². The predicted molar refractivity (Wildman–Crippen MR) is 50.1 cm³/mol. The Morgan fingerprint density at radius 2 is 2.43 bits per heavy atom. The maximum absolute atomic E-state index is 10.9. The van der Waals surface area contributed by atoms with Crippen LogP contribution in [-0.2, 0) is 9.53 Å². The van der Waals surface area contributed by atoms with Gasteiger partial charge in [0.2, 0.25) is 0 Å². The van der Waals surface area contributed by atoms with E-state index in [4.69, 9.17) is 9.84 Å². The first-order chi connectivity index (χ1) is 6.65. The van der Waals surface area contributed by atoms with Crippen molar-refractivity contribution in [1.82, 2.24) is 4.90 Å². The minimum absolute atomic E-state index is 0.169. The van der Waals surface area contributed by atoms with E-state index in [1.807, 2.05) is 0 Å². The van der Waals surface area contributed by atoms with Crippen LogP contribution in [-0.4, -0.2) is 60.0 Å². The molecule has 14 heavy (non-hydrogen) atoms. The lowest BCUT2D eigenvalue weighted by molar-refractivity contribution is -0.146. The molecule has 2 unspecified atom stereocenters. The largest absolute Gasteiger partial charge is 0.480 e. The molecule has 2 atom stereocenters. The number of hydrogen-bond acceptors (Lipinski definition) is 4. The third kappa shape index (κ3) is 2.94. The highest BCUT2D eigenvalue weighted by atomic mass is 16.5. The van der Waals surface area contributed by atoms with Gasteiger partial charge in [0.15, 0.2) is 0 Å². The molecule has 5 heteroatoms. The highest BCUT2D eigenvalue weighted by molar-refractivity contribution is 5.73. The first-order valence-corrected chi connectivity index (χ1v) is 4.79. The number of likely N-dealkylation sites (tertiary alicyclic amines) is 1. The molecule has 0 aliphatic carbocycles. The number of hydrogen-bond donors (Lipinski definition) is 2. The molecule has 0 aromatic rings. The van der Waals surface area contributed by atoms with Crippen LogP contribution in [0.4, 0.5) is 0 Å². The second kappa shape index (κ2) is 5.29. The third-order valence-corrected chi connectivity index (χ3v) is 2.48. The normalized spacial score (nSPS) is 26.0. The molecule has 0 spiro atoms. The summed E-state index contributed by atoms with van der Waals surface area (Å²) in [5.41, 5.74) is 0. The van der Waals surface area contributed by atoms with E-state index in [0.29, 0.717) is 6.54 Å². The third-order valence-electron chi connectivity index (χ3n) is 2.48. The van der Waals surface area contributed by atoms with Gasteiger partial charge in [-0.1, -0.05) is 0 Å². The summed E-state index contributed by atoms with van der Waals surface area (Å²) in [6.45, 7) is 1.32.